The summed E-state index contributed by atoms with van der Waals surface area (Å²) in [5.41, 5.74) is 2.56. The number of ketones is 1. The first-order valence-electron chi connectivity index (χ1n) is 11.3. The first-order chi connectivity index (χ1) is 15.5. The zero-order valence-electron chi connectivity index (χ0n) is 18.6. The van der Waals surface area contributed by atoms with Crippen molar-refractivity contribution in [2.75, 3.05) is 18.6 Å². The van der Waals surface area contributed by atoms with E-state index in [1.807, 2.05) is 29.2 Å². The quantitative estimate of drug-likeness (QED) is 0.502. The number of esters is 1. The Kier molecular flexibility index (Phi) is 6.58. The van der Waals surface area contributed by atoms with Crippen LogP contribution < -0.4 is 9.64 Å². The van der Waals surface area contributed by atoms with Crippen LogP contribution in [-0.2, 0) is 20.7 Å². The largest absolute Gasteiger partial charge is 0.497 e. The van der Waals surface area contributed by atoms with Crippen molar-refractivity contribution < 1.29 is 23.9 Å². The molecule has 2 aliphatic rings. The van der Waals surface area contributed by atoms with E-state index in [9.17, 15) is 14.4 Å². The van der Waals surface area contributed by atoms with Crippen LogP contribution >= 0.6 is 0 Å². The zero-order chi connectivity index (χ0) is 22.7. The molecule has 3 unspecified atom stereocenters. The summed E-state index contributed by atoms with van der Waals surface area (Å²) in [6.45, 7) is 2.23. The van der Waals surface area contributed by atoms with Gasteiger partial charge in [0.25, 0.3) is 0 Å². The number of anilines is 1. The number of para-hydroxylation sites is 1. The van der Waals surface area contributed by atoms with Crippen LogP contribution in [0.4, 0.5) is 5.69 Å². The summed E-state index contributed by atoms with van der Waals surface area (Å²) in [6.07, 6.45) is 2.97. The second-order valence-corrected chi connectivity index (χ2v) is 8.54. The Morgan fingerprint density at radius 2 is 1.66 bits per heavy atom. The average molecular weight is 436 g/mol. The number of benzene rings is 2. The maximum absolute atomic E-state index is 13.4. The van der Waals surface area contributed by atoms with Crippen molar-refractivity contribution in [2.45, 2.75) is 45.1 Å². The maximum atomic E-state index is 13.4. The van der Waals surface area contributed by atoms with E-state index in [1.165, 1.54) is 0 Å². The molecule has 2 aromatic rings. The summed E-state index contributed by atoms with van der Waals surface area (Å²) in [5.74, 6) is -1.01. The van der Waals surface area contributed by atoms with Crippen molar-refractivity contribution in [1.82, 2.24) is 0 Å². The maximum Gasteiger partial charge on any atom is 0.310 e. The number of rotatable bonds is 6. The van der Waals surface area contributed by atoms with Crippen LogP contribution in [0, 0.1) is 11.8 Å². The van der Waals surface area contributed by atoms with E-state index in [0.717, 1.165) is 30.5 Å². The average Bonchev–Trinajstić information content (AvgIpc) is 3.27. The van der Waals surface area contributed by atoms with Gasteiger partial charge in [-0.15, -0.1) is 0 Å². The molecule has 6 nitrogen and oxygen atoms in total. The minimum absolute atomic E-state index is 0.00858. The standard InChI is InChI=1S/C26H29NO5/c1-17(24(28)19-11-13-20(31-2)14-12-19)32-26(30)22-9-5-4-8-21(22)25(29)27-16-15-18-7-3-6-10-23(18)27/h3,6-7,10-14,17,21-22H,4-5,8-9,15-16H2,1-2H3. The number of carbonyl (C=O) groups excluding carboxylic acids is 3. The molecule has 0 bridgehead atoms. The van der Waals surface area contributed by atoms with Crippen LogP contribution in [0.5, 0.6) is 5.75 Å². The van der Waals surface area contributed by atoms with Crippen LogP contribution in [0.25, 0.3) is 0 Å². The van der Waals surface area contributed by atoms with Gasteiger partial charge < -0.3 is 14.4 Å². The first-order valence-corrected chi connectivity index (χ1v) is 11.3. The van der Waals surface area contributed by atoms with Crippen LogP contribution in [0.1, 0.15) is 48.5 Å². The van der Waals surface area contributed by atoms with E-state index < -0.39 is 23.9 Å². The fraction of sp³-hybridized carbons (Fsp3) is 0.423. The Hall–Kier alpha value is -3.15. The lowest BCUT2D eigenvalue weighted by Crippen LogP contribution is -2.43. The molecule has 1 aliphatic heterocycles. The van der Waals surface area contributed by atoms with E-state index in [1.54, 1.807) is 38.3 Å². The molecule has 1 heterocycles. The van der Waals surface area contributed by atoms with Gasteiger partial charge in [0.05, 0.1) is 18.9 Å². The molecule has 0 aromatic heterocycles. The summed E-state index contributed by atoms with van der Waals surface area (Å²) in [6, 6.07) is 14.6. The van der Waals surface area contributed by atoms with Gasteiger partial charge in [0.1, 0.15) is 5.75 Å². The van der Waals surface area contributed by atoms with Gasteiger partial charge in [-0.3, -0.25) is 14.4 Å². The highest BCUT2D eigenvalue weighted by Crippen LogP contribution is 2.36. The highest BCUT2D eigenvalue weighted by atomic mass is 16.5. The summed E-state index contributed by atoms with van der Waals surface area (Å²) in [5, 5.41) is 0. The summed E-state index contributed by atoms with van der Waals surface area (Å²) < 4.78 is 10.7. The van der Waals surface area contributed by atoms with Crippen LogP contribution in [0.15, 0.2) is 48.5 Å². The number of Topliss-reactive ketones (excluding diaryl/α,β-unsaturated/α-hetero) is 1. The van der Waals surface area contributed by atoms with E-state index >= 15 is 0 Å². The summed E-state index contributed by atoms with van der Waals surface area (Å²) in [4.78, 5) is 41.0. The number of hydrogen-bond acceptors (Lipinski definition) is 5. The lowest BCUT2D eigenvalue weighted by atomic mass is 9.78. The Labute approximate surface area is 188 Å². The second-order valence-electron chi connectivity index (χ2n) is 8.54. The Morgan fingerprint density at radius 3 is 2.38 bits per heavy atom. The van der Waals surface area contributed by atoms with Crippen molar-refractivity contribution in [3.05, 3.63) is 59.7 Å². The van der Waals surface area contributed by atoms with Crippen LogP contribution in [0.2, 0.25) is 0 Å². The number of methoxy groups -OCH3 is 1. The molecule has 0 spiro atoms. The molecule has 0 radical (unpaired) electrons. The number of amides is 1. The van der Waals surface area contributed by atoms with Crippen LogP contribution in [-0.4, -0.2) is 37.4 Å². The van der Waals surface area contributed by atoms with Crippen molar-refractivity contribution in [1.29, 1.82) is 0 Å². The van der Waals surface area contributed by atoms with E-state index in [-0.39, 0.29) is 11.7 Å². The van der Waals surface area contributed by atoms with Gasteiger partial charge in [-0.2, -0.15) is 0 Å². The molecule has 0 N–H and O–H groups in total. The van der Waals surface area contributed by atoms with Crippen LogP contribution in [0.3, 0.4) is 0 Å². The molecule has 1 aliphatic carbocycles. The van der Waals surface area contributed by atoms with Crippen molar-refractivity contribution in [3.63, 3.8) is 0 Å². The number of ether oxygens (including phenoxy) is 2. The molecule has 168 valence electrons. The third-order valence-corrected chi connectivity index (χ3v) is 6.58. The molecule has 1 saturated carbocycles. The lowest BCUT2D eigenvalue weighted by molar-refractivity contribution is -0.156. The third kappa shape index (κ3) is 4.40. The van der Waals surface area contributed by atoms with Gasteiger partial charge in [-0.1, -0.05) is 31.0 Å². The summed E-state index contributed by atoms with van der Waals surface area (Å²) >= 11 is 0. The van der Waals surface area contributed by atoms with Crippen molar-refractivity contribution in [3.8, 4) is 5.75 Å². The van der Waals surface area contributed by atoms with Gasteiger partial charge in [0.15, 0.2) is 6.10 Å². The molecule has 6 heteroatoms. The molecule has 3 atom stereocenters. The minimum Gasteiger partial charge on any atom is -0.497 e. The molecular formula is C26H29NO5. The SMILES string of the molecule is COc1ccc(C(=O)C(C)OC(=O)C2CCCCC2C(=O)N2CCc3ccccc32)cc1. The Morgan fingerprint density at radius 1 is 0.969 bits per heavy atom. The molecule has 4 rings (SSSR count). The Balaban J connectivity index is 1.44. The van der Waals surface area contributed by atoms with E-state index in [2.05, 4.69) is 0 Å². The smallest absolute Gasteiger partial charge is 0.310 e. The minimum atomic E-state index is -0.916. The zero-order valence-corrected chi connectivity index (χ0v) is 18.6. The predicted octanol–water partition coefficient (Wildman–Crippen LogP) is 4.21. The molecule has 0 saturated heterocycles. The van der Waals surface area contributed by atoms with Gasteiger partial charge in [0.2, 0.25) is 11.7 Å². The Bertz CT molecular complexity index is 1000. The number of nitrogens with zero attached hydrogens (tertiary/aromatic N) is 1. The lowest BCUT2D eigenvalue weighted by Gasteiger charge is -2.32. The summed E-state index contributed by atoms with van der Waals surface area (Å²) in [7, 11) is 1.56. The van der Waals surface area contributed by atoms with Gasteiger partial charge in [0, 0.05) is 17.8 Å². The van der Waals surface area contributed by atoms with Crippen molar-refractivity contribution in [2.24, 2.45) is 11.8 Å². The topological polar surface area (TPSA) is 72.9 Å². The molecule has 2 aromatic carbocycles. The second kappa shape index (κ2) is 9.55. The fourth-order valence-electron chi connectivity index (χ4n) is 4.78. The van der Waals surface area contributed by atoms with Gasteiger partial charge in [-0.05, 0) is 62.1 Å². The molecule has 1 amide bonds. The number of fused-ring (bicyclic) bond motifs is 1. The third-order valence-electron chi connectivity index (χ3n) is 6.58. The normalized spacial score (nSPS) is 20.9. The van der Waals surface area contributed by atoms with E-state index in [0.29, 0.717) is 30.7 Å². The van der Waals surface area contributed by atoms with Crippen molar-refractivity contribution >= 4 is 23.3 Å². The number of carbonyl (C=O) groups is 3. The van der Waals surface area contributed by atoms with Gasteiger partial charge >= 0.3 is 5.97 Å². The fourth-order valence-corrected chi connectivity index (χ4v) is 4.78. The molecular weight excluding hydrogens is 406 g/mol. The molecule has 1 fully saturated rings. The number of hydrogen-bond donors (Lipinski definition) is 0. The first kappa shape index (κ1) is 22.1. The highest BCUT2D eigenvalue weighted by Gasteiger charge is 2.41. The highest BCUT2D eigenvalue weighted by molar-refractivity contribution is 6.01. The predicted molar refractivity (Wildman–Crippen MR) is 121 cm³/mol. The monoisotopic (exact) mass is 435 g/mol. The van der Waals surface area contributed by atoms with Gasteiger partial charge in [-0.25, -0.2) is 0 Å². The van der Waals surface area contributed by atoms with E-state index in [4.69, 9.17) is 9.47 Å². The molecule has 32 heavy (non-hydrogen) atoms.